The van der Waals surface area contributed by atoms with Crippen molar-refractivity contribution in [1.29, 1.82) is 0 Å². The highest BCUT2D eigenvalue weighted by Crippen LogP contribution is 2.15. The minimum absolute atomic E-state index is 0.0372. The highest BCUT2D eigenvalue weighted by atomic mass is 32.1. The summed E-state index contributed by atoms with van der Waals surface area (Å²) in [6, 6.07) is 11.1. The van der Waals surface area contributed by atoms with Crippen molar-refractivity contribution in [2.45, 2.75) is 32.2 Å². The molecule has 0 bridgehead atoms. The van der Waals surface area contributed by atoms with Gasteiger partial charge in [0.2, 0.25) is 5.91 Å². The fourth-order valence-electron chi connectivity index (χ4n) is 2.39. The minimum atomic E-state index is -0.105. The zero-order valence-electron chi connectivity index (χ0n) is 14.7. The Hall–Kier alpha value is -2.18. The number of hydrogen-bond acceptors (Lipinski definition) is 4. The lowest BCUT2D eigenvalue weighted by molar-refractivity contribution is -0.116. The van der Waals surface area contributed by atoms with Crippen molar-refractivity contribution < 1.29 is 9.59 Å². The van der Waals surface area contributed by atoms with Crippen LogP contribution in [0.25, 0.3) is 0 Å². The smallest absolute Gasteiger partial charge is 0.253 e. The summed E-state index contributed by atoms with van der Waals surface area (Å²) in [7, 11) is 1.73. The molecule has 0 saturated carbocycles. The van der Waals surface area contributed by atoms with E-state index in [4.69, 9.17) is 5.73 Å². The molecule has 3 N–H and O–H groups in total. The first-order chi connectivity index (χ1) is 12.0. The van der Waals surface area contributed by atoms with Crippen LogP contribution >= 0.6 is 11.3 Å². The molecular weight excluding hydrogens is 334 g/mol. The summed E-state index contributed by atoms with van der Waals surface area (Å²) >= 11 is 1.71. The largest absolute Gasteiger partial charge is 0.338 e. The molecule has 0 aliphatic heterocycles. The van der Waals surface area contributed by atoms with E-state index in [0.717, 1.165) is 12.8 Å². The van der Waals surface area contributed by atoms with Gasteiger partial charge in [-0.05, 0) is 49.4 Å². The van der Waals surface area contributed by atoms with Gasteiger partial charge >= 0.3 is 0 Å². The number of carbonyl (C=O) groups excluding carboxylic acids is 2. The van der Waals surface area contributed by atoms with Gasteiger partial charge in [0.25, 0.3) is 5.91 Å². The topological polar surface area (TPSA) is 75.4 Å². The van der Waals surface area contributed by atoms with Crippen LogP contribution in [0.5, 0.6) is 0 Å². The van der Waals surface area contributed by atoms with E-state index in [-0.39, 0.29) is 17.9 Å². The van der Waals surface area contributed by atoms with Gasteiger partial charge in [0.05, 0.1) is 0 Å². The van der Waals surface area contributed by atoms with Gasteiger partial charge in [-0.1, -0.05) is 12.1 Å². The molecular formula is C19H25N3O2S. The maximum Gasteiger partial charge on any atom is 0.253 e. The second-order valence-corrected chi connectivity index (χ2v) is 7.09. The lowest BCUT2D eigenvalue weighted by Gasteiger charge is -2.23. The molecule has 1 atom stereocenters. The molecule has 0 fully saturated rings. The first kappa shape index (κ1) is 19.1. The first-order valence-electron chi connectivity index (χ1n) is 8.40. The number of benzene rings is 1. The number of carbonyl (C=O) groups is 2. The molecule has 0 spiro atoms. The van der Waals surface area contributed by atoms with Gasteiger partial charge in [-0.25, -0.2) is 0 Å². The fourth-order valence-corrected chi connectivity index (χ4v) is 3.14. The number of hydrogen-bond donors (Lipinski definition) is 2. The van der Waals surface area contributed by atoms with Crippen molar-refractivity contribution in [2.24, 2.45) is 5.73 Å². The van der Waals surface area contributed by atoms with Crippen LogP contribution in [0.4, 0.5) is 5.69 Å². The highest BCUT2D eigenvalue weighted by Gasteiger charge is 2.16. The Balaban J connectivity index is 1.89. The van der Waals surface area contributed by atoms with Crippen molar-refractivity contribution >= 4 is 28.8 Å². The summed E-state index contributed by atoms with van der Waals surface area (Å²) in [6.07, 6.45) is 2.17. The van der Waals surface area contributed by atoms with Gasteiger partial charge in [0, 0.05) is 42.2 Å². The second kappa shape index (κ2) is 9.34. The van der Waals surface area contributed by atoms with Gasteiger partial charge in [-0.3, -0.25) is 9.59 Å². The van der Waals surface area contributed by atoms with E-state index in [2.05, 4.69) is 11.4 Å². The number of rotatable bonds is 8. The number of anilines is 1. The molecule has 2 amide bonds. The fraction of sp³-hybridized carbons (Fsp3) is 0.368. The standard InChI is InChI=1S/C19H25N3O2S/c1-14(13-20)22(2)19(24)15-6-3-7-16(12-15)21-18(23)10-4-8-17-9-5-11-25-17/h3,5-7,9,11-12,14H,4,8,10,13,20H2,1-2H3,(H,21,23). The number of amides is 2. The lowest BCUT2D eigenvalue weighted by atomic mass is 10.1. The summed E-state index contributed by atoms with van der Waals surface area (Å²) in [4.78, 5) is 27.4. The highest BCUT2D eigenvalue weighted by molar-refractivity contribution is 7.09. The quantitative estimate of drug-likeness (QED) is 0.760. The summed E-state index contributed by atoms with van der Waals surface area (Å²) < 4.78 is 0. The molecule has 2 aromatic rings. The molecule has 25 heavy (non-hydrogen) atoms. The Morgan fingerprint density at radius 3 is 2.76 bits per heavy atom. The second-order valence-electron chi connectivity index (χ2n) is 6.06. The Morgan fingerprint density at radius 2 is 2.08 bits per heavy atom. The van der Waals surface area contributed by atoms with Crippen molar-refractivity contribution in [2.75, 3.05) is 18.9 Å². The normalized spacial score (nSPS) is 11.8. The molecule has 1 aromatic heterocycles. The van der Waals surface area contributed by atoms with E-state index in [9.17, 15) is 9.59 Å². The molecule has 0 saturated heterocycles. The van der Waals surface area contributed by atoms with Crippen LogP contribution in [0.1, 0.15) is 35.0 Å². The van der Waals surface area contributed by atoms with Gasteiger partial charge in [0.1, 0.15) is 0 Å². The number of likely N-dealkylation sites (N-methyl/N-ethyl adjacent to an activating group) is 1. The number of nitrogens with one attached hydrogen (secondary N) is 1. The summed E-state index contributed by atoms with van der Waals surface area (Å²) in [5.41, 5.74) is 6.80. The minimum Gasteiger partial charge on any atom is -0.338 e. The lowest BCUT2D eigenvalue weighted by Crippen LogP contribution is -2.39. The average molecular weight is 359 g/mol. The predicted octanol–water partition coefficient (Wildman–Crippen LogP) is 3.13. The van der Waals surface area contributed by atoms with Crippen molar-refractivity contribution in [1.82, 2.24) is 4.90 Å². The Kier molecular flexibility index (Phi) is 7.16. The molecule has 5 nitrogen and oxygen atoms in total. The SMILES string of the molecule is CC(CN)N(C)C(=O)c1cccc(NC(=O)CCCc2cccs2)c1. The van der Waals surface area contributed by atoms with E-state index in [1.807, 2.05) is 18.4 Å². The zero-order valence-corrected chi connectivity index (χ0v) is 15.5. The Morgan fingerprint density at radius 1 is 1.28 bits per heavy atom. The van der Waals surface area contributed by atoms with E-state index >= 15 is 0 Å². The maximum atomic E-state index is 12.4. The zero-order chi connectivity index (χ0) is 18.2. The predicted molar refractivity (Wildman–Crippen MR) is 103 cm³/mol. The van der Waals surface area contributed by atoms with Gasteiger partial charge in [-0.2, -0.15) is 0 Å². The molecule has 1 heterocycles. The number of thiophene rings is 1. The summed E-state index contributed by atoms with van der Waals surface area (Å²) in [6.45, 7) is 2.31. The molecule has 0 radical (unpaired) electrons. The summed E-state index contributed by atoms with van der Waals surface area (Å²) in [5, 5.41) is 4.91. The Labute approximate surface area is 152 Å². The third-order valence-electron chi connectivity index (χ3n) is 4.12. The van der Waals surface area contributed by atoms with E-state index in [0.29, 0.717) is 24.2 Å². The van der Waals surface area contributed by atoms with E-state index < -0.39 is 0 Å². The number of nitrogens with two attached hydrogens (primary N) is 1. The average Bonchev–Trinajstić information content (AvgIpc) is 3.13. The monoisotopic (exact) mass is 359 g/mol. The number of aryl methyl sites for hydroxylation is 1. The van der Waals surface area contributed by atoms with Crippen molar-refractivity contribution in [3.63, 3.8) is 0 Å². The van der Waals surface area contributed by atoms with Gasteiger partial charge in [-0.15, -0.1) is 11.3 Å². The summed E-state index contributed by atoms with van der Waals surface area (Å²) in [5.74, 6) is -0.142. The molecule has 134 valence electrons. The van der Waals surface area contributed by atoms with Crippen molar-refractivity contribution in [3.05, 3.63) is 52.2 Å². The third kappa shape index (κ3) is 5.69. The van der Waals surface area contributed by atoms with Crippen LogP contribution in [0.15, 0.2) is 41.8 Å². The van der Waals surface area contributed by atoms with Crippen LogP contribution in [-0.4, -0.2) is 36.3 Å². The van der Waals surface area contributed by atoms with Crippen LogP contribution in [0.3, 0.4) is 0 Å². The number of nitrogens with zero attached hydrogens (tertiary/aromatic N) is 1. The Bertz CT molecular complexity index is 700. The van der Waals surface area contributed by atoms with Crippen LogP contribution in [-0.2, 0) is 11.2 Å². The first-order valence-corrected chi connectivity index (χ1v) is 9.28. The molecule has 0 aliphatic rings. The molecule has 1 aromatic carbocycles. The molecule has 1 unspecified atom stereocenters. The molecule has 6 heteroatoms. The van der Waals surface area contributed by atoms with Crippen LogP contribution in [0.2, 0.25) is 0 Å². The van der Waals surface area contributed by atoms with E-state index in [1.54, 1.807) is 47.5 Å². The molecule has 0 aliphatic carbocycles. The third-order valence-corrected chi connectivity index (χ3v) is 5.06. The van der Waals surface area contributed by atoms with Crippen molar-refractivity contribution in [3.8, 4) is 0 Å². The maximum absolute atomic E-state index is 12.4. The van der Waals surface area contributed by atoms with E-state index in [1.165, 1.54) is 4.88 Å². The van der Waals surface area contributed by atoms with Crippen LogP contribution < -0.4 is 11.1 Å². The molecule has 2 rings (SSSR count). The van der Waals surface area contributed by atoms with Crippen LogP contribution in [0, 0.1) is 0 Å². The van der Waals surface area contributed by atoms with Gasteiger partial charge < -0.3 is 16.0 Å². The van der Waals surface area contributed by atoms with Gasteiger partial charge in [0.15, 0.2) is 0 Å².